The molecule has 2 rings (SSSR count). The van der Waals surface area contributed by atoms with Crippen LogP contribution in [0.1, 0.15) is 12.0 Å². The quantitative estimate of drug-likeness (QED) is 0.683. The van der Waals surface area contributed by atoms with Gasteiger partial charge in [-0.3, -0.25) is 10.1 Å². The maximum Gasteiger partial charge on any atom is 0.270 e. The van der Waals surface area contributed by atoms with Gasteiger partial charge in [0.2, 0.25) is 0 Å². The van der Waals surface area contributed by atoms with Crippen molar-refractivity contribution in [3.8, 4) is 0 Å². The number of rotatable bonds is 4. The molecule has 18 heavy (non-hydrogen) atoms. The molecule has 0 aromatic heterocycles. The number of likely N-dealkylation sites (N-methyl/N-ethyl adjacent to an activating group) is 1. The molecular weight excluding hydrogens is 298 g/mol. The zero-order valence-electron chi connectivity index (χ0n) is 10.2. The number of likely N-dealkylation sites (tertiary alicyclic amines) is 1. The molecule has 1 aliphatic heterocycles. The van der Waals surface area contributed by atoms with Gasteiger partial charge >= 0.3 is 0 Å². The number of hydrogen-bond donors (Lipinski definition) is 1. The lowest BCUT2D eigenvalue weighted by atomic mass is 10.2. The molecular formula is C12H16BrN3O2. The number of nitro groups is 1. The van der Waals surface area contributed by atoms with Crippen LogP contribution in [0.4, 0.5) is 5.69 Å². The SMILES string of the molecule is CN1CCC(NCc2cc(Br)cc([N+](=O)[O-])c2)C1. The highest BCUT2D eigenvalue weighted by molar-refractivity contribution is 9.10. The van der Waals surface area contributed by atoms with Gasteiger partial charge < -0.3 is 10.2 Å². The number of nitrogens with one attached hydrogen (secondary N) is 1. The van der Waals surface area contributed by atoms with E-state index in [-0.39, 0.29) is 10.6 Å². The van der Waals surface area contributed by atoms with Crippen molar-refractivity contribution in [1.29, 1.82) is 0 Å². The van der Waals surface area contributed by atoms with Crippen molar-refractivity contribution in [1.82, 2.24) is 10.2 Å². The molecule has 1 unspecified atom stereocenters. The monoisotopic (exact) mass is 313 g/mol. The van der Waals surface area contributed by atoms with Crippen molar-refractivity contribution < 1.29 is 4.92 Å². The summed E-state index contributed by atoms with van der Waals surface area (Å²) in [5, 5.41) is 14.2. The number of halogens is 1. The van der Waals surface area contributed by atoms with Crippen LogP contribution >= 0.6 is 15.9 Å². The van der Waals surface area contributed by atoms with Gasteiger partial charge in [0.15, 0.2) is 0 Å². The number of benzene rings is 1. The van der Waals surface area contributed by atoms with E-state index in [1.165, 1.54) is 6.07 Å². The Labute approximate surface area is 114 Å². The molecule has 1 aromatic carbocycles. The van der Waals surface area contributed by atoms with Crippen molar-refractivity contribution in [3.63, 3.8) is 0 Å². The fraction of sp³-hybridized carbons (Fsp3) is 0.500. The zero-order valence-corrected chi connectivity index (χ0v) is 11.8. The summed E-state index contributed by atoms with van der Waals surface area (Å²) in [4.78, 5) is 12.7. The zero-order chi connectivity index (χ0) is 13.1. The first-order valence-corrected chi connectivity index (χ1v) is 6.69. The second-order valence-corrected chi connectivity index (χ2v) is 5.62. The first-order chi connectivity index (χ1) is 8.54. The minimum Gasteiger partial charge on any atom is -0.309 e. The molecule has 0 spiro atoms. The Balaban J connectivity index is 1.98. The third kappa shape index (κ3) is 3.51. The smallest absolute Gasteiger partial charge is 0.270 e. The average Bonchev–Trinajstić information content (AvgIpc) is 2.72. The molecule has 6 heteroatoms. The third-order valence-electron chi connectivity index (χ3n) is 3.14. The summed E-state index contributed by atoms with van der Waals surface area (Å²) >= 11 is 3.30. The lowest BCUT2D eigenvalue weighted by Crippen LogP contribution is -2.30. The van der Waals surface area contributed by atoms with Gasteiger partial charge in [0.1, 0.15) is 0 Å². The standard InChI is InChI=1S/C12H16BrN3O2/c1-15-3-2-11(8-15)14-7-9-4-10(13)6-12(5-9)16(17)18/h4-6,11,14H,2-3,7-8H2,1H3. The Morgan fingerprint density at radius 3 is 2.94 bits per heavy atom. The van der Waals surface area contributed by atoms with Crippen LogP contribution in [0.3, 0.4) is 0 Å². The van der Waals surface area contributed by atoms with Crippen LogP contribution < -0.4 is 5.32 Å². The molecule has 0 bridgehead atoms. The van der Waals surface area contributed by atoms with Gasteiger partial charge in [-0.2, -0.15) is 0 Å². The van der Waals surface area contributed by atoms with Crippen LogP contribution in [0.15, 0.2) is 22.7 Å². The van der Waals surface area contributed by atoms with Crippen LogP contribution in [-0.2, 0) is 6.54 Å². The van der Waals surface area contributed by atoms with E-state index < -0.39 is 0 Å². The minimum absolute atomic E-state index is 0.129. The average molecular weight is 314 g/mol. The van der Waals surface area contributed by atoms with Crippen molar-refractivity contribution in [2.75, 3.05) is 20.1 Å². The van der Waals surface area contributed by atoms with E-state index in [1.807, 2.05) is 6.07 Å². The summed E-state index contributed by atoms with van der Waals surface area (Å²) in [5.41, 5.74) is 1.07. The van der Waals surface area contributed by atoms with Gasteiger partial charge in [-0.05, 0) is 31.6 Å². The minimum atomic E-state index is -0.363. The Bertz CT molecular complexity index is 453. The Morgan fingerprint density at radius 2 is 2.33 bits per heavy atom. The molecule has 1 fully saturated rings. The van der Waals surface area contributed by atoms with Crippen molar-refractivity contribution in [2.24, 2.45) is 0 Å². The summed E-state index contributed by atoms with van der Waals surface area (Å²) in [6.07, 6.45) is 1.13. The summed E-state index contributed by atoms with van der Waals surface area (Å²) in [7, 11) is 2.10. The van der Waals surface area contributed by atoms with Crippen LogP contribution in [-0.4, -0.2) is 36.0 Å². The van der Waals surface area contributed by atoms with Gasteiger partial charge in [0, 0.05) is 35.7 Å². The number of nitro benzene ring substituents is 1. The molecule has 1 atom stereocenters. The number of nitrogens with zero attached hydrogens (tertiary/aromatic N) is 2. The Hall–Kier alpha value is -0.980. The highest BCUT2D eigenvalue weighted by Gasteiger charge is 2.18. The van der Waals surface area contributed by atoms with E-state index in [0.717, 1.165) is 29.5 Å². The van der Waals surface area contributed by atoms with E-state index in [0.29, 0.717) is 12.6 Å². The molecule has 1 aliphatic rings. The highest BCUT2D eigenvalue weighted by atomic mass is 79.9. The van der Waals surface area contributed by atoms with Gasteiger partial charge in [-0.1, -0.05) is 15.9 Å². The van der Waals surface area contributed by atoms with E-state index in [9.17, 15) is 10.1 Å². The predicted octanol–water partition coefficient (Wildman–Crippen LogP) is 2.15. The maximum atomic E-state index is 10.8. The highest BCUT2D eigenvalue weighted by Crippen LogP contribution is 2.21. The van der Waals surface area contributed by atoms with Crippen LogP contribution in [0.2, 0.25) is 0 Å². The lowest BCUT2D eigenvalue weighted by molar-refractivity contribution is -0.385. The van der Waals surface area contributed by atoms with Gasteiger partial charge in [-0.15, -0.1) is 0 Å². The van der Waals surface area contributed by atoms with Crippen molar-refractivity contribution in [3.05, 3.63) is 38.3 Å². The normalized spacial score (nSPS) is 20.2. The molecule has 5 nitrogen and oxygen atoms in total. The van der Waals surface area contributed by atoms with E-state index in [2.05, 4.69) is 33.2 Å². The lowest BCUT2D eigenvalue weighted by Gasteiger charge is -2.12. The first kappa shape index (κ1) is 13.5. The topological polar surface area (TPSA) is 58.4 Å². The Kier molecular flexibility index (Phi) is 4.31. The van der Waals surface area contributed by atoms with Gasteiger partial charge in [0.05, 0.1) is 4.92 Å². The predicted molar refractivity (Wildman–Crippen MR) is 73.5 cm³/mol. The molecule has 0 saturated carbocycles. The summed E-state index contributed by atoms with van der Waals surface area (Å²) in [6, 6.07) is 5.54. The molecule has 0 amide bonds. The first-order valence-electron chi connectivity index (χ1n) is 5.90. The third-order valence-corrected chi connectivity index (χ3v) is 3.60. The molecule has 1 heterocycles. The fourth-order valence-corrected chi connectivity index (χ4v) is 2.73. The molecule has 1 aromatic rings. The van der Waals surface area contributed by atoms with Crippen molar-refractivity contribution >= 4 is 21.6 Å². The fourth-order valence-electron chi connectivity index (χ4n) is 2.20. The van der Waals surface area contributed by atoms with E-state index in [4.69, 9.17) is 0 Å². The second-order valence-electron chi connectivity index (χ2n) is 4.70. The summed E-state index contributed by atoms with van der Waals surface area (Å²) in [5.74, 6) is 0. The number of non-ortho nitro benzene ring substituents is 1. The van der Waals surface area contributed by atoms with Crippen molar-refractivity contribution in [2.45, 2.75) is 19.0 Å². The largest absolute Gasteiger partial charge is 0.309 e. The van der Waals surface area contributed by atoms with Crippen LogP contribution in [0.25, 0.3) is 0 Å². The molecule has 98 valence electrons. The molecule has 0 radical (unpaired) electrons. The molecule has 1 saturated heterocycles. The molecule has 1 N–H and O–H groups in total. The maximum absolute atomic E-state index is 10.8. The van der Waals surface area contributed by atoms with Gasteiger partial charge in [0.25, 0.3) is 5.69 Å². The summed E-state index contributed by atoms with van der Waals surface area (Å²) < 4.78 is 0.747. The van der Waals surface area contributed by atoms with E-state index >= 15 is 0 Å². The molecule has 0 aliphatic carbocycles. The van der Waals surface area contributed by atoms with Crippen LogP contribution in [0, 0.1) is 10.1 Å². The summed E-state index contributed by atoms with van der Waals surface area (Å²) in [6.45, 7) is 2.81. The van der Waals surface area contributed by atoms with E-state index in [1.54, 1.807) is 6.07 Å². The second kappa shape index (κ2) is 5.77. The number of hydrogen-bond acceptors (Lipinski definition) is 4. The Morgan fingerprint density at radius 1 is 1.56 bits per heavy atom. The van der Waals surface area contributed by atoms with Crippen LogP contribution in [0.5, 0.6) is 0 Å². The van der Waals surface area contributed by atoms with Gasteiger partial charge in [-0.25, -0.2) is 0 Å².